The van der Waals surface area contributed by atoms with Crippen molar-refractivity contribution in [2.24, 2.45) is 0 Å². The summed E-state index contributed by atoms with van der Waals surface area (Å²) >= 11 is 0. The van der Waals surface area contributed by atoms with Gasteiger partial charge < -0.3 is 15.3 Å². The molecule has 0 aliphatic heterocycles. The maximum absolute atomic E-state index is 10.2. The minimum absolute atomic E-state index is 0.0619. The molecule has 13 heavy (non-hydrogen) atoms. The van der Waals surface area contributed by atoms with Gasteiger partial charge in [-0.2, -0.15) is 0 Å². The molecule has 1 rings (SSSR count). The van der Waals surface area contributed by atoms with E-state index in [0.717, 1.165) is 0 Å². The second kappa shape index (κ2) is 3.62. The molecule has 1 aromatic carbocycles. The van der Waals surface area contributed by atoms with Crippen molar-refractivity contribution in [2.75, 3.05) is 0 Å². The Morgan fingerprint density at radius 2 is 1.69 bits per heavy atom. The molecule has 68 valence electrons. The highest BCUT2D eigenvalue weighted by Gasteiger charge is 2.00. The summed E-state index contributed by atoms with van der Waals surface area (Å²) in [7, 11) is 0. The predicted octanol–water partition coefficient (Wildman–Crippen LogP) is 1.38. The van der Waals surface area contributed by atoms with Crippen molar-refractivity contribution in [3.8, 4) is 5.75 Å². The number of phenols is 1. The second-order valence-electron chi connectivity index (χ2n) is 2.41. The maximum atomic E-state index is 10.2. The van der Waals surface area contributed by atoms with E-state index in [-0.39, 0.29) is 11.5 Å². The highest BCUT2D eigenvalue weighted by Crippen LogP contribution is 2.15. The number of carboxylic acid groups (broad SMARTS) is 1. The monoisotopic (exact) mass is 180 g/mol. The van der Waals surface area contributed by atoms with Crippen molar-refractivity contribution in [3.05, 3.63) is 35.9 Å². The van der Waals surface area contributed by atoms with Crippen molar-refractivity contribution in [3.63, 3.8) is 0 Å². The smallest absolute Gasteiger partial charge is 0.332 e. The molecule has 0 aliphatic carbocycles. The van der Waals surface area contributed by atoms with Gasteiger partial charge in [0.05, 0.1) is 6.08 Å². The summed E-state index contributed by atoms with van der Waals surface area (Å²) in [5.74, 6) is -1.50. The summed E-state index contributed by atoms with van der Waals surface area (Å²) in [5.41, 5.74) is 0.347. The Hall–Kier alpha value is -1.97. The molecule has 0 aliphatic rings. The van der Waals surface area contributed by atoms with Crippen LogP contribution in [0.4, 0.5) is 0 Å². The lowest BCUT2D eigenvalue weighted by Crippen LogP contribution is -1.91. The van der Waals surface area contributed by atoms with Gasteiger partial charge in [-0.15, -0.1) is 0 Å². The van der Waals surface area contributed by atoms with Crippen LogP contribution < -0.4 is 0 Å². The molecule has 0 heterocycles. The molecule has 0 amide bonds. The summed E-state index contributed by atoms with van der Waals surface area (Å²) in [6, 6.07) is 5.57. The third-order valence-corrected chi connectivity index (χ3v) is 1.42. The highest BCUT2D eigenvalue weighted by atomic mass is 16.4. The third-order valence-electron chi connectivity index (χ3n) is 1.42. The minimum Gasteiger partial charge on any atom is -0.508 e. The molecule has 4 heteroatoms. The average molecular weight is 180 g/mol. The maximum Gasteiger partial charge on any atom is 0.332 e. The van der Waals surface area contributed by atoms with E-state index in [0.29, 0.717) is 11.6 Å². The minimum atomic E-state index is -1.22. The number of hydrogen-bond acceptors (Lipinski definition) is 3. The zero-order valence-corrected chi connectivity index (χ0v) is 6.64. The molecule has 0 spiro atoms. The number of phenolic OH excluding ortho intramolecular Hbond substituents is 1. The van der Waals surface area contributed by atoms with Crippen LogP contribution in [0.3, 0.4) is 0 Å². The number of rotatable bonds is 2. The standard InChI is InChI=1S/C9H8O4/c10-7-3-1-6(2-4-7)8(11)5-9(12)13/h1-5,10-11H,(H,12,13). The SMILES string of the molecule is O=C(O)C=C(O)c1ccc(O)cc1. The number of aromatic hydroxyl groups is 1. The number of aliphatic hydroxyl groups excluding tert-OH is 1. The van der Waals surface area contributed by atoms with Crippen molar-refractivity contribution in [1.29, 1.82) is 0 Å². The van der Waals surface area contributed by atoms with Crippen LogP contribution in [0, 0.1) is 0 Å². The van der Waals surface area contributed by atoms with E-state index < -0.39 is 5.97 Å². The molecule has 0 saturated carbocycles. The molecular weight excluding hydrogens is 172 g/mol. The first-order valence-electron chi connectivity index (χ1n) is 3.52. The van der Waals surface area contributed by atoms with Gasteiger partial charge in [0.15, 0.2) is 0 Å². The Balaban J connectivity index is 2.96. The first kappa shape index (κ1) is 9.12. The van der Waals surface area contributed by atoms with Crippen LogP contribution in [-0.4, -0.2) is 21.3 Å². The van der Waals surface area contributed by atoms with Gasteiger partial charge in [0.25, 0.3) is 0 Å². The summed E-state index contributed by atoms with van der Waals surface area (Å²) in [4.78, 5) is 10.2. The van der Waals surface area contributed by atoms with Gasteiger partial charge in [0.2, 0.25) is 0 Å². The first-order valence-corrected chi connectivity index (χ1v) is 3.52. The van der Waals surface area contributed by atoms with Crippen LogP contribution in [-0.2, 0) is 4.79 Å². The fraction of sp³-hybridized carbons (Fsp3) is 0. The first-order chi connectivity index (χ1) is 6.09. The van der Waals surface area contributed by atoms with E-state index in [1.807, 2.05) is 0 Å². The molecule has 0 aromatic heterocycles. The van der Waals surface area contributed by atoms with Crippen molar-refractivity contribution >= 4 is 11.7 Å². The van der Waals surface area contributed by atoms with Crippen LogP contribution in [0.2, 0.25) is 0 Å². The van der Waals surface area contributed by atoms with Crippen LogP contribution in [0.5, 0.6) is 5.75 Å². The van der Waals surface area contributed by atoms with Gasteiger partial charge in [0, 0.05) is 5.56 Å². The average Bonchev–Trinajstić information content (AvgIpc) is 2.04. The number of carboxylic acids is 1. The largest absolute Gasteiger partial charge is 0.508 e. The summed E-state index contributed by atoms with van der Waals surface area (Å²) in [6.45, 7) is 0. The van der Waals surface area contributed by atoms with Crippen LogP contribution >= 0.6 is 0 Å². The third kappa shape index (κ3) is 2.52. The molecule has 0 radical (unpaired) electrons. The van der Waals surface area contributed by atoms with Crippen LogP contribution in [0.1, 0.15) is 5.56 Å². The molecular formula is C9H8O4. The van der Waals surface area contributed by atoms with E-state index in [4.69, 9.17) is 10.2 Å². The van der Waals surface area contributed by atoms with Crippen LogP contribution in [0.25, 0.3) is 5.76 Å². The number of hydrogen-bond donors (Lipinski definition) is 3. The fourth-order valence-corrected chi connectivity index (χ4v) is 0.832. The van der Waals surface area contributed by atoms with Gasteiger partial charge in [-0.25, -0.2) is 4.79 Å². The van der Waals surface area contributed by atoms with E-state index in [9.17, 15) is 9.90 Å². The number of carbonyl (C=O) groups is 1. The van der Waals surface area contributed by atoms with Gasteiger partial charge in [-0.3, -0.25) is 0 Å². The number of aliphatic carboxylic acids is 1. The van der Waals surface area contributed by atoms with E-state index in [1.54, 1.807) is 0 Å². The number of benzene rings is 1. The van der Waals surface area contributed by atoms with Gasteiger partial charge in [0.1, 0.15) is 11.5 Å². The van der Waals surface area contributed by atoms with E-state index in [2.05, 4.69) is 0 Å². The molecule has 1 aromatic rings. The van der Waals surface area contributed by atoms with Crippen molar-refractivity contribution < 1.29 is 20.1 Å². The molecule has 0 unspecified atom stereocenters. The quantitative estimate of drug-likeness (QED) is 0.474. The normalized spacial score (nSPS) is 11.2. The zero-order valence-electron chi connectivity index (χ0n) is 6.64. The molecule has 0 fully saturated rings. The van der Waals surface area contributed by atoms with Gasteiger partial charge in [-0.05, 0) is 24.3 Å². The van der Waals surface area contributed by atoms with Gasteiger partial charge >= 0.3 is 5.97 Å². The van der Waals surface area contributed by atoms with E-state index in [1.165, 1.54) is 24.3 Å². The van der Waals surface area contributed by atoms with Crippen molar-refractivity contribution in [1.82, 2.24) is 0 Å². The van der Waals surface area contributed by atoms with Crippen LogP contribution in [0.15, 0.2) is 30.3 Å². The molecule has 0 atom stereocenters. The zero-order chi connectivity index (χ0) is 9.84. The second-order valence-corrected chi connectivity index (χ2v) is 2.41. The molecule has 3 N–H and O–H groups in total. The lowest BCUT2D eigenvalue weighted by Gasteiger charge is -1.98. The Morgan fingerprint density at radius 1 is 1.15 bits per heavy atom. The predicted molar refractivity (Wildman–Crippen MR) is 46.3 cm³/mol. The summed E-state index contributed by atoms with van der Waals surface area (Å²) < 4.78 is 0. The fourth-order valence-electron chi connectivity index (χ4n) is 0.832. The summed E-state index contributed by atoms with van der Waals surface area (Å²) in [5, 5.41) is 26.4. The molecule has 0 saturated heterocycles. The lowest BCUT2D eigenvalue weighted by atomic mass is 10.2. The van der Waals surface area contributed by atoms with E-state index >= 15 is 0 Å². The number of aliphatic hydroxyl groups is 1. The molecule has 0 bridgehead atoms. The van der Waals surface area contributed by atoms with Crippen molar-refractivity contribution in [2.45, 2.75) is 0 Å². The topological polar surface area (TPSA) is 77.8 Å². The lowest BCUT2D eigenvalue weighted by molar-refractivity contribution is -0.131. The highest BCUT2D eigenvalue weighted by molar-refractivity contribution is 5.87. The summed E-state index contributed by atoms with van der Waals surface area (Å²) in [6.07, 6.45) is 0.687. The Bertz CT molecular complexity index is 337. The Kier molecular flexibility index (Phi) is 2.54. The molecule has 4 nitrogen and oxygen atoms in total. The Labute approximate surface area is 74.4 Å². The van der Waals surface area contributed by atoms with Gasteiger partial charge in [-0.1, -0.05) is 0 Å². The Morgan fingerprint density at radius 3 is 2.15 bits per heavy atom.